The maximum Gasteiger partial charge on any atom is 0.303 e. The summed E-state index contributed by atoms with van der Waals surface area (Å²) in [6, 6.07) is -0.176. The first-order chi connectivity index (χ1) is 8.97. The van der Waals surface area contributed by atoms with E-state index in [2.05, 4.69) is 4.98 Å². The Bertz CT molecular complexity index is 486. The van der Waals surface area contributed by atoms with Gasteiger partial charge in [0.15, 0.2) is 0 Å². The van der Waals surface area contributed by atoms with Gasteiger partial charge in [-0.05, 0) is 19.3 Å². The fraction of sp³-hybridized carbons (Fsp3) is 0.583. The first kappa shape index (κ1) is 14.0. The first-order valence-corrected chi connectivity index (χ1v) is 7.07. The molecule has 1 saturated heterocycles. The summed E-state index contributed by atoms with van der Waals surface area (Å²) in [4.78, 5) is 28.7. The number of carbonyl (C=O) groups is 2. The minimum absolute atomic E-state index is 0.0491. The molecule has 2 heterocycles. The lowest BCUT2D eigenvalue weighted by atomic mass is 10.1. The van der Waals surface area contributed by atoms with Crippen LogP contribution >= 0.6 is 11.3 Å². The Kier molecular flexibility index (Phi) is 4.16. The molecule has 2 rings (SSSR count). The zero-order valence-corrected chi connectivity index (χ0v) is 11.5. The molecule has 3 N–H and O–H groups in total. The van der Waals surface area contributed by atoms with Gasteiger partial charge in [0, 0.05) is 24.9 Å². The molecule has 6 nitrogen and oxygen atoms in total. The number of aromatic nitrogens is 1. The van der Waals surface area contributed by atoms with Crippen molar-refractivity contribution in [3.63, 3.8) is 0 Å². The van der Waals surface area contributed by atoms with Gasteiger partial charge in [0.05, 0.1) is 6.04 Å². The third kappa shape index (κ3) is 3.30. The second-order valence-corrected chi connectivity index (χ2v) is 5.75. The summed E-state index contributed by atoms with van der Waals surface area (Å²) < 4.78 is 0. The lowest BCUT2D eigenvalue weighted by Gasteiger charge is -2.14. The fourth-order valence-electron chi connectivity index (χ4n) is 2.19. The Morgan fingerprint density at radius 2 is 2.42 bits per heavy atom. The monoisotopic (exact) mass is 283 g/mol. The van der Waals surface area contributed by atoms with Crippen LogP contribution in [0.15, 0.2) is 5.38 Å². The van der Waals surface area contributed by atoms with Gasteiger partial charge in [0.2, 0.25) is 0 Å². The van der Waals surface area contributed by atoms with Crippen LogP contribution in [0.4, 0.5) is 0 Å². The maximum absolute atomic E-state index is 12.2. The highest BCUT2D eigenvalue weighted by Gasteiger charge is 2.29. The van der Waals surface area contributed by atoms with Gasteiger partial charge in [0.1, 0.15) is 10.7 Å². The second kappa shape index (κ2) is 5.66. The Labute approximate surface area is 115 Å². The van der Waals surface area contributed by atoms with Gasteiger partial charge in [-0.3, -0.25) is 9.59 Å². The van der Waals surface area contributed by atoms with E-state index in [9.17, 15) is 9.59 Å². The number of nitrogens with zero attached hydrogens (tertiary/aromatic N) is 2. The van der Waals surface area contributed by atoms with Crippen molar-refractivity contribution in [2.45, 2.75) is 25.8 Å². The average Bonchev–Trinajstić information content (AvgIpc) is 2.95. The average molecular weight is 283 g/mol. The quantitative estimate of drug-likeness (QED) is 0.862. The van der Waals surface area contributed by atoms with Crippen LogP contribution in [0, 0.1) is 5.92 Å². The minimum Gasteiger partial charge on any atom is -0.481 e. The van der Waals surface area contributed by atoms with E-state index < -0.39 is 5.97 Å². The predicted octanol–water partition coefficient (Wildman–Crippen LogP) is 1.10. The number of rotatable bonds is 4. The number of hydrogen-bond donors (Lipinski definition) is 2. The van der Waals surface area contributed by atoms with E-state index in [1.165, 1.54) is 11.3 Å². The van der Waals surface area contributed by atoms with E-state index in [1.54, 1.807) is 10.3 Å². The molecule has 1 aliphatic heterocycles. The van der Waals surface area contributed by atoms with Crippen LogP contribution in [0.25, 0.3) is 0 Å². The topological polar surface area (TPSA) is 96.5 Å². The number of thiazole rings is 1. The standard InChI is InChI=1S/C12H17N3O3S/c1-7(13)11-14-9(6-19-11)12(18)15-3-2-8(5-15)4-10(16)17/h6-8H,2-5,13H2,1H3,(H,16,17). The highest BCUT2D eigenvalue weighted by molar-refractivity contribution is 7.09. The molecule has 7 heteroatoms. The molecule has 0 radical (unpaired) electrons. The van der Waals surface area contributed by atoms with Crippen LogP contribution in [0.1, 0.15) is 41.3 Å². The van der Waals surface area contributed by atoms with Crippen molar-refractivity contribution >= 4 is 23.2 Å². The molecule has 0 aromatic carbocycles. The lowest BCUT2D eigenvalue weighted by Crippen LogP contribution is -2.29. The van der Waals surface area contributed by atoms with Crippen molar-refractivity contribution in [3.05, 3.63) is 16.1 Å². The van der Waals surface area contributed by atoms with Crippen LogP contribution < -0.4 is 5.73 Å². The predicted molar refractivity (Wildman–Crippen MR) is 71.0 cm³/mol. The SMILES string of the molecule is CC(N)c1nc(C(=O)N2CCC(CC(=O)O)C2)cs1. The smallest absolute Gasteiger partial charge is 0.303 e. The van der Waals surface area contributed by atoms with Crippen LogP contribution in [-0.2, 0) is 4.79 Å². The number of carboxylic acids is 1. The summed E-state index contributed by atoms with van der Waals surface area (Å²) in [5.74, 6) is -0.892. The Balaban J connectivity index is 1.98. The van der Waals surface area contributed by atoms with Gasteiger partial charge < -0.3 is 15.7 Å². The Morgan fingerprint density at radius 1 is 1.68 bits per heavy atom. The molecular weight excluding hydrogens is 266 g/mol. The summed E-state index contributed by atoms with van der Waals surface area (Å²) in [6.07, 6.45) is 0.855. The van der Waals surface area contributed by atoms with E-state index in [1.807, 2.05) is 6.92 Å². The fourth-order valence-corrected chi connectivity index (χ4v) is 2.94. The first-order valence-electron chi connectivity index (χ1n) is 6.19. The molecule has 2 atom stereocenters. The van der Waals surface area contributed by atoms with Crippen molar-refractivity contribution in [2.75, 3.05) is 13.1 Å². The van der Waals surface area contributed by atoms with E-state index in [0.29, 0.717) is 18.8 Å². The van der Waals surface area contributed by atoms with Crippen molar-refractivity contribution in [1.29, 1.82) is 0 Å². The summed E-state index contributed by atoms with van der Waals surface area (Å²) in [7, 11) is 0. The third-order valence-electron chi connectivity index (χ3n) is 3.17. The zero-order chi connectivity index (χ0) is 14.0. The van der Waals surface area contributed by atoms with Crippen LogP contribution in [0.5, 0.6) is 0 Å². The molecule has 1 aliphatic rings. The number of carboxylic acid groups (broad SMARTS) is 1. The summed E-state index contributed by atoms with van der Waals surface area (Å²) in [5, 5.41) is 11.2. The van der Waals surface area contributed by atoms with E-state index in [0.717, 1.165) is 11.4 Å². The largest absolute Gasteiger partial charge is 0.481 e. The Hall–Kier alpha value is -1.47. The van der Waals surface area contributed by atoms with Gasteiger partial charge >= 0.3 is 5.97 Å². The molecular formula is C12H17N3O3S. The molecule has 1 fully saturated rings. The normalized spacial score (nSPS) is 20.5. The number of aliphatic carboxylic acids is 1. The van der Waals surface area contributed by atoms with Gasteiger partial charge in [-0.2, -0.15) is 0 Å². The number of carbonyl (C=O) groups excluding carboxylic acids is 1. The third-order valence-corrected chi connectivity index (χ3v) is 4.21. The number of likely N-dealkylation sites (tertiary alicyclic amines) is 1. The number of hydrogen-bond acceptors (Lipinski definition) is 5. The van der Waals surface area contributed by atoms with Crippen molar-refractivity contribution in [2.24, 2.45) is 11.7 Å². The van der Waals surface area contributed by atoms with Gasteiger partial charge in [-0.25, -0.2) is 4.98 Å². The molecule has 104 valence electrons. The molecule has 19 heavy (non-hydrogen) atoms. The molecule has 1 aromatic rings. The summed E-state index contributed by atoms with van der Waals surface area (Å²) in [5.41, 5.74) is 6.13. The molecule has 0 spiro atoms. The summed E-state index contributed by atoms with van der Waals surface area (Å²) in [6.45, 7) is 2.92. The highest BCUT2D eigenvalue weighted by Crippen LogP contribution is 2.23. The molecule has 1 aromatic heterocycles. The van der Waals surface area contributed by atoms with Gasteiger partial charge in [-0.15, -0.1) is 11.3 Å². The number of nitrogens with two attached hydrogens (primary N) is 1. The van der Waals surface area contributed by atoms with Crippen LogP contribution in [0.3, 0.4) is 0 Å². The van der Waals surface area contributed by atoms with E-state index in [4.69, 9.17) is 10.8 Å². The van der Waals surface area contributed by atoms with Crippen molar-refractivity contribution in [3.8, 4) is 0 Å². The van der Waals surface area contributed by atoms with Gasteiger partial charge in [-0.1, -0.05) is 0 Å². The molecule has 2 unspecified atom stereocenters. The van der Waals surface area contributed by atoms with Crippen molar-refractivity contribution in [1.82, 2.24) is 9.88 Å². The molecule has 0 aliphatic carbocycles. The van der Waals surface area contributed by atoms with E-state index in [-0.39, 0.29) is 24.3 Å². The summed E-state index contributed by atoms with van der Waals surface area (Å²) >= 11 is 1.38. The van der Waals surface area contributed by atoms with Gasteiger partial charge in [0.25, 0.3) is 5.91 Å². The van der Waals surface area contributed by atoms with Crippen LogP contribution in [-0.4, -0.2) is 40.0 Å². The van der Waals surface area contributed by atoms with E-state index >= 15 is 0 Å². The number of amides is 1. The zero-order valence-electron chi connectivity index (χ0n) is 10.7. The molecule has 0 bridgehead atoms. The lowest BCUT2D eigenvalue weighted by molar-refractivity contribution is -0.138. The van der Waals surface area contributed by atoms with Crippen LogP contribution in [0.2, 0.25) is 0 Å². The Morgan fingerprint density at radius 3 is 3.00 bits per heavy atom. The highest BCUT2D eigenvalue weighted by atomic mass is 32.1. The maximum atomic E-state index is 12.2. The molecule has 1 amide bonds. The van der Waals surface area contributed by atoms with Crippen molar-refractivity contribution < 1.29 is 14.7 Å². The minimum atomic E-state index is -0.813. The second-order valence-electron chi connectivity index (χ2n) is 4.86. The molecule has 0 saturated carbocycles.